The standard InChI is InChI=1S/C11H20N2O3/c1-12-5-2-3-10(14)13-6-4-9(8-13)7-11(15)16/h9,12H,2-8H2,1H3,(H,15,16). The third-order valence-corrected chi connectivity index (χ3v) is 2.92. The summed E-state index contributed by atoms with van der Waals surface area (Å²) in [5, 5.41) is 11.7. The molecule has 0 aliphatic carbocycles. The van der Waals surface area contributed by atoms with Crippen LogP contribution >= 0.6 is 0 Å². The fourth-order valence-corrected chi connectivity index (χ4v) is 2.05. The van der Waals surface area contributed by atoms with Crippen molar-refractivity contribution in [2.75, 3.05) is 26.7 Å². The quantitative estimate of drug-likeness (QED) is 0.642. The number of aliphatic carboxylic acids is 1. The van der Waals surface area contributed by atoms with Crippen molar-refractivity contribution in [2.24, 2.45) is 5.92 Å². The summed E-state index contributed by atoms with van der Waals surface area (Å²) in [6.45, 7) is 2.18. The van der Waals surface area contributed by atoms with E-state index < -0.39 is 5.97 Å². The second-order valence-corrected chi connectivity index (χ2v) is 4.30. The maximum atomic E-state index is 11.7. The van der Waals surface area contributed by atoms with E-state index in [1.54, 1.807) is 4.90 Å². The van der Waals surface area contributed by atoms with Gasteiger partial charge in [0, 0.05) is 25.9 Å². The molecule has 1 aliphatic heterocycles. The number of nitrogens with one attached hydrogen (secondary N) is 1. The summed E-state index contributed by atoms with van der Waals surface area (Å²) in [5.41, 5.74) is 0. The average Bonchev–Trinajstić information content (AvgIpc) is 2.65. The third kappa shape index (κ3) is 4.18. The molecular weight excluding hydrogens is 208 g/mol. The van der Waals surface area contributed by atoms with Gasteiger partial charge in [-0.05, 0) is 32.4 Å². The molecule has 0 saturated carbocycles. The number of carboxylic acid groups (broad SMARTS) is 1. The monoisotopic (exact) mass is 228 g/mol. The van der Waals surface area contributed by atoms with E-state index in [-0.39, 0.29) is 18.2 Å². The Kier molecular flexibility index (Phi) is 5.25. The van der Waals surface area contributed by atoms with Gasteiger partial charge in [0.2, 0.25) is 5.91 Å². The van der Waals surface area contributed by atoms with Crippen molar-refractivity contribution in [3.8, 4) is 0 Å². The number of hydrogen-bond acceptors (Lipinski definition) is 3. The van der Waals surface area contributed by atoms with Gasteiger partial charge < -0.3 is 15.3 Å². The molecule has 1 aliphatic rings. The van der Waals surface area contributed by atoms with Gasteiger partial charge in [-0.2, -0.15) is 0 Å². The second-order valence-electron chi connectivity index (χ2n) is 4.30. The van der Waals surface area contributed by atoms with Gasteiger partial charge in [-0.15, -0.1) is 0 Å². The lowest BCUT2D eigenvalue weighted by Gasteiger charge is -2.16. The molecule has 1 heterocycles. The van der Waals surface area contributed by atoms with E-state index in [0.29, 0.717) is 13.0 Å². The van der Waals surface area contributed by atoms with Crippen LogP contribution in [-0.4, -0.2) is 48.6 Å². The molecule has 1 saturated heterocycles. The van der Waals surface area contributed by atoms with Gasteiger partial charge in [0.25, 0.3) is 0 Å². The first-order valence-corrected chi connectivity index (χ1v) is 5.77. The van der Waals surface area contributed by atoms with Gasteiger partial charge in [-0.25, -0.2) is 0 Å². The molecule has 5 heteroatoms. The van der Waals surface area contributed by atoms with Crippen LogP contribution in [0.5, 0.6) is 0 Å². The summed E-state index contributed by atoms with van der Waals surface area (Å²) in [6.07, 6.45) is 2.40. The van der Waals surface area contributed by atoms with Crippen LogP contribution in [0, 0.1) is 5.92 Å². The van der Waals surface area contributed by atoms with Gasteiger partial charge >= 0.3 is 5.97 Å². The molecule has 0 bridgehead atoms. The van der Waals surface area contributed by atoms with Crippen molar-refractivity contribution in [2.45, 2.75) is 25.7 Å². The lowest BCUT2D eigenvalue weighted by atomic mass is 10.1. The summed E-state index contributed by atoms with van der Waals surface area (Å²) < 4.78 is 0. The molecule has 0 aromatic rings. The summed E-state index contributed by atoms with van der Waals surface area (Å²) in [4.78, 5) is 24.0. The molecule has 92 valence electrons. The van der Waals surface area contributed by atoms with E-state index in [4.69, 9.17) is 5.11 Å². The minimum Gasteiger partial charge on any atom is -0.481 e. The largest absolute Gasteiger partial charge is 0.481 e. The Morgan fingerprint density at radius 2 is 2.25 bits per heavy atom. The lowest BCUT2D eigenvalue weighted by molar-refractivity contribution is -0.138. The number of nitrogens with zero attached hydrogens (tertiary/aromatic N) is 1. The number of carbonyl (C=O) groups is 2. The fourth-order valence-electron chi connectivity index (χ4n) is 2.05. The lowest BCUT2D eigenvalue weighted by Crippen LogP contribution is -2.29. The van der Waals surface area contributed by atoms with Crippen LogP contribution < -0.4 is 5.32 Å². The molecule has 0 aromatic carbocycles. The predicted octanol–water partition coefficient (Wildman–Crippen LogP) is 0.309. The van der Waals surface area contributed by atoms with Crippen molar-refractivity contribution >= 4 is 11.9 Å². The predicted molar refractivity (Wildman–Crippen MR) is 60.1 cm³/mol. The van der Waals surface area contributed by atoms with Crippen molar-refractivity contribution < 1.29 is 14.7 Å². The number of likely N-dealkylation sites (tertiary alicyclic amines) is 1. The molecule has 16 heavy (non-hydrogen) atoms. The SMILES string of the molecule is CNCCCC(=O)N1CCC(CC(=O)O)C1. The molecule has 2 N–H and O–H groups in total. The van der Waals surface area contributed by atoms with Crippen LogP contribution in [0.25, 0.3) is 0 Å². The van der Waals surface area contributed by atoms with Crippen molar-refractivity contribution in [1.82, 2.24) is 10.2 Å². The normalized spacial score (nSPS) is 20.1. The minimum atomic E-state index is -0.769. The van der Waals surface area contributed by atoms with Gasteiger partial charge in [0.15, 0.2) is 0 Å². The van der Waals surface area contributed by atoms with Gasteiger partial charge in [0.1, 0.15) is 0 Å². The first-order valence-electron chi connectivity index (χ1n) is 5.77. The van der Waals surface area contributed by atoms with Gasteiger partial charge in [-0.3, -0.25) is 9.59 Å². The number of hydrogen-bond donors (Lipinski definition) is 2. The third-order valence-electron chi connectivity index (χ3n) is 2.92. The maximum Gasteiger partial charge on any atom is 0.303 e. The highest BCUT2D eigenvalue weighted by molar-refractivity contribution is 5.76. The number of amides is 1. The molecule has 1 fully saturated rings. The zero-order valence-electron chi connectivity index (χ0n) is 9.74. The van der Waals surface area contributed by atoms with Crippen LogP contribution in [0.3, 0.4) is 0 Å². The van der Waals surface area contributed by atoms with Gasteiger partial charge in [-0.1, -0.05) is 0 Å². The molecule has 5 nitrogen and oxygen atoms in total. The van der Waals surface area contributed by atoms with E-state index in [1.807, 2.05) is 7.05 Å². The fraction of sp³-hybridized carbons (Fsp3) is 0.818. The van der Waals surface area contributed by atoms with E-state index >= 15 is 0 Å². The van der Waals surface area contributed by atoms with E-state index in [9.17, 15) is 9.59 Å². The molecule has 1 rings (SSSR count). The minimum absolute atomic E-state index is 0.144. The Bertz CT molecular complexity index is 256. The van der Waals surface area contributed by atoms with Crippen LogP contribution in [0.15, 0.2) is 0 Å². The first-order chi connectivity index (χ1) is 7.63. The summed E-state index contributed by atoms with van der Waals surface area (Å²) >= 11 is 0. The maximum absolute atomic E-state index is 11.7. The Morgan fingerprint density at radius 1 is 1.50 bits per heavy atom. The summed E-state index contributed by atoms with van der Waals surface area (Å²) in [6, 6.07) is 0. The average molecular weight is 228 g/mol. The Hall–Kier alpha value is -1.10. The number of rotatable bonds is 6. The molecule has 0 radical (unpaired) electrons. The first kappa shape index (κ1) is 13.0. The van der Waals surface area contributed by atoms with Crippen molar-refractivity contribution in [3.05, 3.63) is 0 Å². The van der Waals surface area contributed by atoms with Crippen LogP contribution in [-0.2, 0) is 9.59 Å². The molecule has 1 unspecified atom stereocenters. The van der Waals surface area contributed by atoms with Crippen molar-refractivity contribution in [1.29, 1.82) is 0 Å². The molecule has 1 atom stereocenters. The zero-order chi connectivity index (χ0) is 12.0. The number of carbonyl (C=O) groups excluding carboxylic acids is 1. The van der Waals surface area contributed by atoms with E-state index in [0.717, 1.165) is 25.9 Å². The van der Waals surface area contributed by atoms with Crippen LogP contribution in [0.4, 0.5) is 0 Å². The highest BCUT2D eigenvalue weighted by Gasteiger charge is 2.27. The topological polar surface area (TPSA) is 69.6 Å². The van der Waals surface area contributed by atoms with Crippen LogP contribution in [0.1, 0.15) is 25.7 Å². The second kappa shape index (κ2) is 6.48. The van der Waals surface area contributed by atoms with E-state index in [2.05, 4.69) is 5.32 Å². The highest BCUT2D eigenvalue weighted by atomic mass is 16.4. The van der Waals surface area contributed by atoms with Gasteiger partial charge in [0.05, 0.1) is 0 Å². The molecule has 1 amide bonds. The van der Waals surface area contributed by atoms with E-state index in [1.165, 1.54) is 0 Å². The number of carboxylic acids is 1. The Labute approximate surface area is 95.8 Å². The summed E-state index contributed by atoms with van der Waals surface area (Å²) in [7, 11) is 1.86. The smallest absolute Gasteiger partial charge is 0.303 e. The summed E-state index contributed by atoms with van der Waals surface area (Å²) in [5.74, 6) is -0.469. The molecule has 0 spiro atoms. The van der Waals surface area contributed by atoms with Crippen molar-refractivity contribution in [3.63, 3.8) is 0 Å². The molecular formula is C11H20N2O3. The Morgan fingerprint density at radius 3 is 2.88 bits per heavy atom. The zero-order valence-corrected chi connectivity index (χ0v) is 9.74. The Balaban J connectivity index is 2.24. The van der Waals surface area contributed by atoms with Crippen LogP contribution in [0.2, 0.25) is 0 Å². The highest BCUT2D eigenvalue weighted by Crippen LogP contribution is 2.20. The molecule has 0 aromatic heterocycles.